The number of nitrogens with zero attached hydrogens (tertiary/aromatic N) is 1. The van der Waals surface area contributed by atoms with Crippen molar-refractivity contribution in [3.8, 4) is 22.8 Å². The molecule has 0 atom stereocenters. The number of carboxylic acid groups (broad SMARTS) is 1. The lowest BCUT2D eigenvalue weighted by molar-refractivity contribution is 0.0699. The Hall–Kier alpha value is -2.70. The first kappa shape index (κ1) is 12.7. The number of nitrogen functional groups attached to an aromatic ring is 1. The summed E-state index contributed by atoms with van der Waals surface area (Å²) in [4.78, 5) is 11.2. The molecule has 0 spiro atoms. The number of rotatable bonds is 4. The SMILES string of the molecule is COc1ccc(-c2[nH]nc(N)c2C(=O)O)c(OC)c1. The zero-order valence-electron chi connectivity index (χ0n) is 10.4. The monoisotopic (exact) mass is 263 g/mol. The summed E-state index contributed by atoms with van der Waals surface area (Å²) in [5.41, 5.74) is 6.30. The summed E-state index contributed by atoms with van der Waals surface area (Å²) in [5.74, 6) is -0.157. The van der Waals surface area contributed by atoms with Crippen molar-refractivity contribution in [2.75, 3.05) is 20.0 Å². The number of aromatic amines is 1. The summed E-state index contributed by atoms with van der Waals surface area (Å²) in [7, 11) is 3.02. The van der Waals surface area contributed by atoms with Crippen molar-refractivity contribution in [2.24, 2.45) is 0 Å². The van der Waals surface area contributed by atoms with Crippen LogP contribution in [0, 0.1) is 0 Å². The van der Waals surface area contributed by atoms with Gasteiger partial charge in [-0.15, -0.1) is 0 Å². The van der Waals surface area contributed by atoms with Crippen LogP contribution in [-0.4, -0.2) is 35.5 Å². The van der Waals surface area contributed by atoms with Crippen LogP contribution in [0.3, 0.4) is 0 Å². The van der Waals surface area contributed by atoms with E-state index in [1.807, 2.05) is 0 Å². The van der Waals surface area contributed by atoms with Gasteiger partial charge in [-0.05, 0) is 12.1 Å². The Bertz CT molecular complexity index is 621. The van der Waals surface area contributed by atoms with Gasteiger partial charge in [0.1, 0.15) is 17.1 Å². The number of H-pyrrole nitrogens is 1. The molecule has 7 nitrogen and oxygen atoms in total. The van der Waals surface area contributed by atoms with E-state index in [0.29, 0.717) is 22.8 Å². The van der Waals surface area contributed by atoms with Crippen LogP contribution in [0.4, 0.5) is 5.82 Å². The van der Waals surface area contributed by atoms with Crippen LogP contribution < -0.4 is 15.2 Å². The first-order valence-corrected chi connectivity index (χ1v) is 5.38. The molecular weight excluding hydrogens is 250 g/mol. The maximum atomic E-state index is 11.2. The highest BCUT2D eigenvalue weighted by Crippen LogP contribution is 2.35. The maximum Gasteiger partial charge on any atom is 0.341 e. The average molecular weight is 263 g/mol. The number of carbonyl (C=O) groups is 1. The summed E-state index contributed by atoms with van der Waals surface area (Å²) in [5, 5.41) is 15.5. The molecule has 1 heterocycles. The number of ether oxygens (including phenoxy) is 2. The van der Waals surface area contributed by atoms with Crippen LogP contribution in [-0.2, 0) is 0 Å². The van der Waals surface area contributed by atoms with E-state index in [1.54, 1.807) is 18.2 Å². The molecule has 0 fully saturated rings. The van der Waals surface area contributed by atoms with E-state index in [1.165, 1.54) is 14.2 Å². The normalized spacial score (nSPS) is 10.2. The number of nitrogens with two attached hydrogens (primary N) is 1. The molecule has 2 aromatic rings. The molecule has 1 aromatic carbocycles. The van der Waals surface area contributed by atoms with E-state index in [4.69, 9.17) is 20.3 Å². The molecule has 0 saturated heterocycles. The molecule has 0 aliphatic carbocycles. The van der Waals surface area contributed by atoms with Gasteiger partial charge < -0.3 is 20.3 Å². The second-order valence-corrected chi connectivity index (χ2v) is 3.73. The second kappa shape index (κ2) is 4.89. The van der Waals surface area contributed by atoms with Crippen molar-refractivity contribution in [3.05, 3.63) is 23.8 Å². The highest BCUT2D eigenvalue weighted by atomic mass is 16.5. The van der Waals surface area contributed by atoms with Crippen LogP contribution in [0.15, 0.2) is 18.2 Å². The number of methoxy groups -OCH3 is 2. The van der Waals surface area contributed by atoms with Crippen LogP contribution in [0.1, 0.15) is 10.4 Å². The zero-order chi connectivity index (χ0) is 14.0. The number of carboxylic acids is 1. The Labute approximate surface area is 109 Å². The van der Waals surface area contributed by atoms with Crippen LogP contribution in [0.2, 0.25) is 0 Å². The van der Waals surface area contributed by atoms with Crippen molar-refractivity contribution >= 4 is 11.8 Å². The lowest BCUT2D eigenvalue weighted by Crippen LogP contribution is -2.02. The Morgan fingerprint density at radius 1 is 1.37 bits per heavy atom. The Balaban J connectivity index is 2.62. The lowest BCUT2D eigenvalue weighted by Gasteiger charge is -2.09. The molecule has 0 aliphatic rings. The second-order valence-electron chi connectivity index (χ2n) is 3.73. The molecular formula is C12H13N3O4. The highest BCUT2D eigenvalue weighted by Gasteiger charge is 2.21. The molecule has 0 aliphatic heterocycles. The Morgan fingerprint density at radius 2 is 2.11 bits per heavy atom. The van der Waals surface area contributed by atoms with E-state index >= 15 is 0 Å². The van der Waals surface area contributed by atoms with E-state index in [2.05, 4.69) is 10.2 Å². The topological polar surface area (TPSA) is 110 Å². The summed E-state index contributed by atoms with van der Waals surface area (Å²) in [6, 6.07) is 5.02. The fourth-order valence-corrected chi connectivity index (χ4v) is 1.77. The van der Waals surface area contributed by atoms with Gasteiger partial charge in [0.2, 0.25) is 0 Å². The largest absolute Gasteiger partial charge is 0.497 e. The fourth-order valence-electron chi connectivity index (χ4n) is 1.77. The molecule has 4 N–H and O–H groups in total. The van der Waals surface area contributed by atoms with Gasteiger partial charge in [-0.1, -0.05) is 0 Å². The number of nitrogens with one attached hydrogen (secondary N) is 1. The Morgan fingerprint density at radius 3 is 2.68 bits per heavy atom. The lowest BCUT2D eigenvalue weighted by atomic mass is 10.1. The third-order valence-electron chi connectivity index (χ3n) is 2.69. The summed E-state index contributed by atoms with van der Waals surface area (Å²) in [6.07, 6.45) is 0. The van der Waals surface area contributed by atoms with Gasteiger partial charge in [0.25, 0.3) is 0 Å². The third kappa shape index (κ3) is 2.17. The molecule has 0 unspecified atom stereocenters. The van der Waals surface area contributed by atoms with Gasteiger partial charge in [-0.3, -0.25) is 5.10 Å². The maximum absolute atomic E-state index is 11.2. The van der Waals surface area contributed by atoms with Crippen molar-refractivity contribution in [1.29, 1.82) is 0 Å². The van der Waals surface area contributed by atoms with Gasteiger partial charge >= 0.3 is 5.97 Å². The molecule has 100 valence electrons. The smallest absolute Gasteiger partial charge is 0.341 e. The van der Waals surface area contributed by atoms with Crippen LogP contribution in [0.25, 0.3) is 11.3 Å². The number of aromatic carboxylic acids is 1. The summed E-state index contributed by atoms with van der Waals surface area (Å²) < 4.78 is 10.3. The first-order chi connectivity index (χ1) is 9.08. The van der Waals surface area contributed by atoms with Crippen LogP contribution >= 0.6 is 0 Å². The van der Waals surface area contributed by atoms with E-state index in [0.717, 1.165) is 0 Å². The third-order valence-corrected chi connectivity index (χ3v) is 2.69. The van der Waals surface area contributed by atoms with Crippen molar-refractivity contribution in [3.63, 3.8) is 0 Å². The minimum atomic E-state index is -1.15. The number of benzene rings is 1. The van der Waals surface area contributed by atoms with E-state index in [-0.39, 0.29) is 11.4 Å². The first-order valence-electron chi connectivity index (χ1n) is 5.38. The predicted octanol–water partition coefficient (Wildman–Crippen LogP) is 1.37. The van der Waals surface area contributed by atoms with Gasteiger partial charge in [0, 0.05) is 11.6 Å². The standard InChI is InChI=1S/C12H13N3O4/c1-18-6-3-4-7(8(5-6)19-2)10-9(12(16)17)11(13)15-14-10/h3-5H,1-2H3,(H,16,17)(H3,13,14,15). The van der Waals surface area contributed by atoms with Crippen molar-refractivity contribution in [2.45, 2.75) is 0 Å². The molecule has 7 heteroatoms. The quantitative estimate of drug-likeness (QED) is 0.768. The van der Waals surface area contributed by atoms with Gasteiger partial charge in [0.05, 0.1) is 19.9 Å². The molecule has 19 heavy (non-hydrogen) atoms. The molecule has 0 radical (unpaired) electrons. The van der Waals surface area contributed by atoms with Gasteiger partial charge in [-0.25, -0.2) is 4.79 Å². The zero-order valence-corrected chi connectivity index (χ0v) is 10.4. The number of hydrogen-bond acceptors (Lipinski definition) is 5. The van der Waals surface area contributed by atoms with Crippen molar-refractivity contribution < 1.29 is 19.4 Å². The number of aromatic nitrogens is 2. The predicted molar refractivity (Wildman–Crippen MR) is 68.5 cm³/mol. The summed E-state index contributed by atoms with van der Waals surface area (Å²) >= 11 is 0. The van der Waals surface area contributed by atoms with Crippen molar-refractivity contribution in [1.82, 2.24) is 10.2 Å². The molecule has 2 rings (SSSR count). The minimum Gasteiger partial charge on any atom is -0.497 e. The van der Waals surface area contributed by atoms with Gasteiger partial charge in [-0.2, -0.15) is 5.10 Å². The van der Waals surface area contributed by atoms with Crippen LogP contribution in [0.5, 0.6) is 11.5 Å². The molecule has 0 amide bonds. The minimum absolute atomic E-state index is 0.0691. The molecule has 0 bridgehead atoms. The van der Waals surface area contributed by atoms with Gasteiger partial charge in [0.15, 0.2) is 5.82 Å². The average Bonchev–Trinajstić information content (AvgIpc) is 2.79. The molecule has 0 saturated carbocycles. The highest BCUT2D eigenvalue weighted by molar-refractivity contribution is 6.00. The summed E-state index contributed by atoms with van der Waals surface area (Å²) in [6.45, 7) is 0. The van der Waals surface area contributed by atoms with E-state index in [9.17, 15) is 4.79 Å². The number of hydrogen-bond donors (Lipinski definition) is 3. The van der Waals surface area contributed by atoms with E-state index < -0.39 is 5.97 Å². The Kier molecular flexibility index (Phi) is 3.28. The fraction of sp³-hybridized carbons (Fsp3) is 0.167. The molecule has 1 aromatic heterocycles. The number of anilines is 1.